The van der Waals surface area contributed by atoms with Crippen molar-refractivity contribution >= 4 is 27.2 Å². The summed E-state index contributed by atoms with van der Waals surface area (Å²) in [5.74, 6) is 2.01. The fraction of sp³-hybridized carbons (Fsp3) is 0.571. The van der Waals surface area contributed by atoms with Gasteiger partial charge >= 0.3 is 0 Å². The highest BCUT2D eigenvalue weighted by molar-refractivity contribution is 7.90. The number of nitrogens with one attached hydrogen (secondary N) is 1. The summed E-state index contributed by atoms with van der Waals surface area (Å²) in [6.07, 6.45) is 5.97. The van der Waals surface area contributed by atoms with Crippen molar-refractivity contribution in [2.75, 3.05) is 35.7 Å². The third-order valence-corrected chi connectivity index (χ3v) is 10.2. The van der Waals surface area contributed by atoms with E-state index >= 15 is 0 Å². The van der Waals surface area contributed by atoms with Gasteiger partial charge in [0.05, 0.1) is 10.5 Å². The van der Waals surface area contributed by atoms with Crippen LogP contribution < -0.4 is 15.1 Å². The van der Waals surface area contributed by atoms with E-state index in [1.807, 2.05) is 24.3 Å². The number of carbonyl (C=O) groups is 1. The summed E-state index contributed by atoms with van der Waals surface area (Å²) in [6, 6.07) is 13.0. The summed E-state index contributed by atoms with van der Waals surface area (Å²) in [5.41, 5.74) is 0.931. The van der Waals surface area contributed by atoms with Crippen molar-refractivity contribution in [1.82, 2.24) is 10.3 Å². The second-order valence-corrected chi connectivity index (χ2v) is 13.8. The van der Waals surface area contributed by atoms with E-state index in [9.17, 15) is 18.3 Å². The van der Waals surface area contributed by atoms with Gasteiger partial charge in [0, 0.05) is 43.7 Å². The molecule has 5 fully saturated rings. The second kappa shape index (κ2) is 8.98. The van der Waals surface area contributed by atoms with Crippen LogP contribution in [0.4, 0.5) is 11.5 Å². The summed E-state index contributed by atoms with van der Waals surface area (Å²) < 4.78 is 23.5. The summed E-state index contributed by atoms with van der Waals surface area (Å²) in [7, 11) is -3.21. The van der Waals surface area contributed by atoms with Gasteiger partial charge in [0.15, 0.2) is 9.84 Å². The minimum atomic E-state index is -3.21. The molecule has 37 heavy (non-hydrogen) atoms. The lowest BCUT2D eigenvalue weighted by Gasteiger charge is -2.58. The van der Waals surface area contributed by atoms with E-state index in [1.54, 1.807) is 18.2 Å². The predicted octanol–water partition coefficient (Wildman–Crippen LogP) is 2.87. The number of aromatic nitrogens is 1. The van der Waals surface area contributed by atoms with Crippen molar-refractivity contribution in [3.8, 4) is 0 Å². The number of amides is 1. The van der Waals surface area contributed by atoms with E-state index in [0.29, 0.717) is 28.3 Å². The Hall–Kier alpha value is -2.65. The average Bonchev–Trinajstić information content (AvgIpc) is 2.85. The molecule has 7 rings (SSSR count). The fourth-order valence-electron chi connectivity index (χ4n) is 7.59. The maximum Gasteiger partial charge on any atom is 0.270 e. The van der Waals surface area contributed by atoms with E-state index in [-0.39, 0.29) is 18.0 Å². The molecule has 198 valence electrons. The van der Waals surface area contributed by atoms with Crippen LogP contribution in [-0.4, -0.2) is 68.0 Å². The maximum atomic E-state index is 13.3. The molecule has 0 spiro atoms. The first-order valence-electron chi connectivity index (χ1n) is 13.4. The lowest BCUT2D eigenvalue weighted by Crippen LogP contribution is -2.61. The van der Waals surface area contributed by atoms with E-state index in [2.05, 4.69) is 22.0 Å². The number of benzene rings is 1. The van der Waals surface area contributed by atoms with Gasteiger partial charge in [-0.1, -0.05) is 6.07 Å². The first kappa shape index (κ1) is 24.7. The zero-order valence-corrected chi connectivity index (χ0v) is 22.3. The molecule has 4 aliphatic carbocycles. The van der Waals surface area contributed by atoms with Gasteiger partial charge in [-0.15, -0.1) is 0 Å². The zero-order chi connectivity index (χ0) is 25.9. The monoisotopic (exact) mass is 524 g/mol. The second-order valence-electron chi connectivity index (χ2n) is 11.8. The molecular formula is C28H36N4O4S. The van der Waals surface area contributed by atoms with Crippen LogP contribution in [0.5, 0.6) is 0 Å². The van der Waals surface area contributed by atoms with Gasteiger partial charge in [-0.05, 0) is 93.2 Å². The number of piperazine rings is 1. The van der Waals surface area contributed by atoms with Gasteiger partial charge in [0.2, 0.25) is 0 Å². The molecule has 2 heterocycles. The molecule has 2 N–H and O–H groups in total. The maximum absolute atomic E-state index is 13.3. The lowest BCUT2D eigenvalue weighted by molar-refractivity contribution is -0.136. The van der Waals surface area contributed by atoms with Gasteiger partial charge < -0.3 is 20.2 Å². The van der Waals surface area contributed by atoms with Crippen molar-refractivity contribution in [3.63, 3.8) is 0 Å². The molecule has 0 radical (unpaired) electrons. The first-order valence-corrected chi connectivity index (χ1v) is 15.3. The molecule has 8 nitrogen and oxygen atoms in total. The zero-order valence-electron chi connectivity index (χ0n) is 21.5. The standard InChI is InChI=1S/C28H36N4O4S/c1-18-17-31(22-6-8-23(9-7-22)37(2,35)36)10-11-32(18)25-5-3-4-24(29-25)27(33)30-26-20-12-19-13-21(26)16-28(34,14-19)15-20/h3-9,18-21,26,34H,10-17H2,1-2H3,(H,30,33)/t18-,19?,20?,21?,26?,28?/m1/s1. The Balaban J connectivity index is 1.11. The van der Waals surface area contributed by atoms with Gasteiger partial charge in [0.1, 0.15) is 11.5 Å². The summed E-state index contributed by atoms with van der Waals surface area (Å²) >= 11 is 0. The molecule has 1 saturated heterocycles. The number of pyridine rings is 1. The molecular weight excluding hydrogens is 488 g/mol. The van der Waals surface area contributed by atoms with Crippen molar-refractivity contribution in [2.24, 2.45) is 17.8 Å². The number of hydrogen-bond donors (Lipinski definition) is 2. The van der Waals surface area contributed by atoms with Crippen LogP contribution in [0.15, 0.2) is 47.4 Å². The molecule has 4 saturated carbocycles. The van der Waals surface area contributed by atoms with Crippen LogP contribution >= 0.6 is 0 Å². The molecule has 4 bridgehead atoms. The minimum Gasteiger partial charge on any atom is -0.390 e. The van der Waals surface area contributed by atoms with Crippen LogP contribution in [0.1, 0.15) is 49.5 Å². The Bertz CT molecular complexity index is 1280. The topological polar surface area (TPSA) is 103 Å². The Morgan fingerprint density at radius 2 is 1.76 bits per heavy atom. The minimum absolute atomic E-state index is 0.122. The summed E-state index contributed by atoms with van der Waals surface area (Å²) in [6.45, 7) is 4.44. The highest BCUT2D eigenvalue weighted by Gasteiger charge is 2.55. The van der Waals surface area contributed by atoms with Crippen molar-refractivity contribution in [3.05, 3.63) is 48.2 Å². The van der Waals surface area contributed by atoms with E-state index in [4.69, 9.17) is 4.98 Å². The van der Waals surface area contributed by atoms with Gasteiger partial charge in [-0.25, -0.2) is 13.4 Å². The number of hydrogen-bond acceptors (Lipinski definition) is 7. The Morgan fingerprint density at radius 1 is 1.05 bits per heavy atom. The highest BCUT2D eigenvalue weighted by Crippen LogP contribution is 2.55. The normalized spacial score (nSPS) is 33.0. The summed E-state index contributed by atoms with van der Waals surface area (Å²) in [4.78, 5) is 22.8. The number of sulfone groups is 1. The molecule has 1 aliphatic heterocycles. The Kier molecular flexibility index (Phi) is 5.99. The van der Waals surface area contributed by atoms with Gasteiger partial charge in [-0.2, -0.15) is 0 Å². The predicted molar refractivity (Wildman–Crippen MR) is 143 cm³/mol. The number of carbonyl (C=O) groups excluding carboxylic acids is 1. The molecule has 9 heteroatoms. The first-order chi connectivity index (χ1) is 17.6. The highest BCUT2D eigenvalue weighted by atomic mass is 32.2. The molecule has 1 amide bonds. The third-order valence-electron chi connectivity index (χ3n) is 9.06. The van der Waals surface area contributed by atoms with Gasteiger partial charge in [-0.3, -0.25) is 4.79 Å². The molecule has 2 unspecified atom stereocenters. The Morgan fingerprint density at radius 3 is 2.38 bits per heavy atom. The fourth-order valence-corrected chi connectivity index (χ4v) is 8.22. The van der Waals surface area contributed by atoms with Crippen molar-refractivity contribution < 1.29 is 18.3 Å². The number of anilines is 2. The van der Waals surface area contributed by atoms with Crippen LogP contribution in [0.25, 0.3) is 0 Å². The average molecular weight is 525 g/mol. The van der Waals surface area contributed by atoms with Crippen LogP contribution in [-0.2, 0) is 9.84 Å². The Labute approximate surface area is 219 Å². The quantitative estimate of drug-likeness (QED) is 0.620. The number of aliphatic hydroxyl groups is 1. The van der Waals surface area contributed by atoms with Crippen molar-refractivity contribution in [2.45, 2.75) is 61.6 Å². The summed E-state index contributed by atoms with van der Waals surface area (Å²) in [5, 5.41) is 14.2. The molecule has 1 aromatic heterocycles. The smallest absolute Gasteiger partial charge is 0.270 e. The van der Waals surface area contributed by atoms with E-state index < -0.39 is 15.4 Å². The number of nitrogens with zero attached hydrogens (tertiary/aromatic N) is 3. The van der Waals surface area contributed by atoms with Crippen LogP contribution in [0.2, 0.25) is 0 Å². The third kappa shape index (κ3) is 4.72. The van der Waals surface area contributed by atoms with Crippen LogP contribution in [0.3, 0.4) is 0 Å². The van der Waals surface area contributed by atoms with Gasteiger partial charge in [0.25, 0.3) is 5.91 Å². The van der Waals surface area contributed by atoms with Crippen molar-refractivity contribution in [1.29, 1.82) is 0 Å². The molecule has 5 aliphatic rings. The van der Waals surface area contributed by atoms with Crippen LogP contribution in [0, 0.1) is 17.8 Å². The SMILES string of the molecule is C[C@@H]1CN(c2ccc(S(C)(=O)=O)cc2)CCN1c1cccc(C(=O)NC2C3CC4CC2CC(O)(C4)C3)n1. The lowest BCUT2D eigenvalue weighted by atomic mass is 9.52. The molecule has 3 atom stereocenters. The largest absolute Gasteiger partial charge is 0.390 e. The molecule has 1 aromatic carbocycles. The van der Waals surface area contributed by atoms with E-state index in [0.717, 1.165) is 63.2 Å². The van der Waals surface area contributed by atoms with E-state index in [1.165, 1.54) is 6.26 Å². The number of rotatable bonds is 5. The molecule has 2 aromatic rings.